The molecular formula is C16H23NO2. The van der Waals surface area contributed by atoms with Gasteiger partial charge in [0, 0.05) is 29.6 Å². The quantitative estimate of drug-likeness (QED) is 0.887. The molecular weight excluding hydrogens is 238 g/mol. The summed E-state index contributed by atoms with van der Waals surface area (Å²) in [6.45, 7) is 1.96. The minimum atomic E-state index is 0.256. The van der Waals surface area contributed by atoms with Gasteiger partial charge in [0.2, 0.25) is 0 Å². The van der Waals surface area contributed by atoms with Crippen LogP contribution < -0.4 is 14.8 Å². The standard InChI is InChI=1S/C16H23NO2/c1-18-13-6-7-14(19-2)15-12(13)10-17-11-16(15)8-4-3-5-9-16/h6-7,17H,3-5,8-11H2,1-2H3. The van der Waals surface area contributed by atoms with Gasteiger partial charge in [-0.05, 0) is 25.0 Å². The lowest BCUT2D eigenvalue weighted by atomic mass is 9.66. The molecule has 1 fully saturated rings. The minimum absolute atomic E-state index is 0.256. The van der Waals surface area contributed by atoms with Gasteiger partial charge in [-0.3, -0.25) is 0 Å². The molecule has 1 aromatic rings. The van der Waals surface area contributed by atoms with Gasteiger partial charge in [-0.25, -0.2) is 0 Å². The van der Waals surface area contributed by atoms with Crippen LogP contribution in [0.5, 0.6) is 11.5 Å². The number of hydrogen-bond donors (Lipinski definition) is 1. The van der Waals surface area contributed by atoms with Gasteiger partial charge in [0.05, 0.1) is 14.2 Å². The van der Waals surface area contributed by atoms with E-state index in [0.29, 0.717) is 0 Å². The molecule has 19 heavy (non-hydrogen) atoms. The molecule has 1 aliphatic heterocycles. The second kappa shape index (κ2) is 5.04. The minimum Gasteiger partial charge on any atom is -0.496 e. The van der Waals surface area contributed by atoms with Gasteiger partial charge in [-0.15, -0.1) is 0 Å². The van der Waals surface area contributed by atoms with Crippen LogP contribution in [0.2, 0.25) is 0 Å². The molecule has 1 N–H and O–H groups in total. The SMILES string of the molecule is COc1ccc(OC)c2c1CNCC21CCCCC1. The molecule has 1 heterocycles. The Hall–Kier alpha value is -1.22. The zero-order valence-electron chi connectivity index (χ0n) is 11.9. The topological polar surface area (TPSA) is 30.5 Å². The van der Waals surface area contributed by atoms with Crippen molar-refractivity contribution in [2.75, 3.05) is 20.8 Å². The number of fused-ring (bicyclic) bond motifs is 2. The Balaban J connectivity index is 2.15. The van der Waals surface area contributed by atoms with Crippen molar-refractivity contribution in [2.45, 2.75) is 44.1 Å². The lowest BCUT2D eigenvalue weighted by molar-refractivity contribution is 0.250. The number of ether oxygens (including phenoxy) is 2. The van der Waals surface area contributed by atoms with Gasteiger partial charge in [-0.1, -0.05) is 19.3 Å². The van der Waals surface area contributed by atoms with Crippen LogP contribution in [0, 0.1) is 0 Å². The van der Waals surface area contributed by atoms with Gasteiger partial charge >= 0.3 is 0 Å². The Kier molecular flexibility index (Phi) is 3.40. The lowest BCUT2D eigenvalue weighted by Crippen LogP contribution is -2.44. The molecule has 0 unspecified atom stereocenters. The Bertz CT molecular complexity index is 464. The molecule has 3 rings (SSSR count). The van der Waals surface area contributed by atoms with Crippen LogP contribution in [-0.2, 0) is 12.0 Å². The molecule has 0 atom stereocenters. The van der Waals surface area contributed by atoms with Gasteiger partial charge in [0.1, 0.15) is 11.5 Å². The third-order valence-corrected chi connectivity index (χ3v) is 4.78. The fourth-order valence-corrected chi connectivity index (χ4v) is 3.90. The van der Waals surface area contributed by atoms with Crippen molar-refractivity contribution in [1.29, 1.82) is 0 Å². The highest BCUT2D eigenvalue weighted by molar-refractivity contribution is 5.54. The number of hydrogen-bond acceptors (Lipinski definition) is 3. The molecule has 0 bridgehead atoms. The van der Waals surface area contributed by atoms with E-state index in [1.165, 1.54) is 43.2 Å². The summed E-state index contributed by atoms with van der Waals surface area (Å²) in [4.78, 5) is 0. The molecule has 1 aromatic carbocycles. The zero-order valence-corrected chi connectivity index (χ0v) is 11.9. The third kappa shape index (κ3) is 2.00. The predicted molar refractivity (Wildman–Crippen MR) is 76.0 cm³/mol. The van der Waals surface area contributed by atoms with Gasteiger partial charge in [0.15, 0.2) is 0 Å². The van der Waals surface area contributed by atoms with Gasteiger partial charge in [0.25, 0.3) is 0 Å². The maximum atomic E-state index is 5.66. The highest BCUT2D eigenvalue weighted by Crippen LogP contribution is 2.48. The number of nitrogens with one attached hydrogen (secondary N) is 1. The van der Waals surface area contributed by atoms with E-state index in [4.69, 9.17) is 9.47 Å². The van der Waals surface area contributed by atoms with Crippen molar-refractivity contribution in [3.8, 4) is 11.5 Å². The number of methoxy groups -OCH3 is 2. The molecule has 3 nitrogen and oxygen atoms in total. The summed E-state index contributed by atoms with van der Waals surface area (Å²) in [6, 6.07) is 4.10. The molecule has 1 aliphatic carbocycles. The average molecular weight is 261 g/mol. The van der Waals surface area contributed by atoms with Crippen LogP contribution in [0.15, 0.2) is 12.1 Å². The van der Waals surface area contributed by atoms with Crippen LogP contribution in [0.4, 0.5) is 0 Å². The Labute approximate surface area is 115 Å². The van der Waals surface area contributed by atoms with Crippen molar-refractivity contribution in [2.24, 2.45) is 0 Å². The summed E-state index contributed by atoms with van der Waals surface area (Å²) in [5.74, 6) is 2.03. The summed E-state index contributed by atoms with van der Waals surface area (Å²) in [7, 11) is 3.53. The molecule has 1 spiro atoms. The zero-order chi connectivity index (χ0) is 13.3. The van der Waals surface area contributed by atoms with Crippen molar-refractivity contribution in [1.82, 2.24) is 5.32 Å². The van der Waals surface area contributed by atoms with Gasteiger partial charge in [-0.2, -0.15) is 0 Å². The maximum absolute atomic E-state index is 5.66. The van der Waals surface area contributed by atoms with E-state index >= 15 is 0 Å². The normalized spacial score (nSPS) is 20.9. The van der Waals surface area contributed by atoms with Crippen LogP contribution in [0.25, 0.3) is 0 Å². The third-order valence-electron chi connectivity index (χ3n) is 4.78. The van der Waals surface area contributed by atoms with E-state index in [-0.39, 0.29) is 5.41 Å². The molecule has 0 amide bonds. The summed E-state index contributed by atoms with van der Waals surface area (Å²) in [5.41, 5.74) is 2.97. The monoisotopic (exact) mass is 261 g/mol. The van der Waals surface area contributed by atoms with Crippen LogP contribution in [0.1, 0.15) is 43.2 Å². The number of benzene rings is 1. The van der Waals surface area contributed by atoms with Crippen molar-refractivity contribution >= 4 is 0 Å². The highest BCUT2D eigenvalue weighted by Gasteiger charge is 2.40. The van der Waals surface area contributed by atoms with Crippen LogP contribution in [-0.4, -0.2) is 20.8 Å². The Morgan fingerprint density at radius 3 is 2.37 bits per heavy atom. The van der Waals surface area contributed by atoms with Crippen LogP contribution >= 0.6 is 0 Å². The molecule has 3 heteroatoms. The first-order valence-corrected chi connectivity index (χ1v) is 7.26. The molecule has 2 aliphatic rings. The Morgan fingerprint density at radius 2 is 1.68 bits per heavy atom. The molecule has 0 aromatic heterocycles. The predicted octanol–water partition coefficient (Wildman–Crippen LogP) is 3.01. The largest absolute Gasteiger partial charge is 0.496 e. The number of rotatable bonds is 2. The molecule has 1 saturated carbocycles. The first-order chi connectivity index (χ1) is 9.30. The summed E-state index contributed by atoms with van der Waals surface area (Å²) < 4.78 is 11.2. The maximum Gasteiger partial charge on any atom is 0.123 e. The van der Waals surface area contributed by atoms with E-state index in [9.17, 15) is 0 Å². The van der Waals surface area contributed by atoms with E-state index in [1.807, 2.05) is 6.07 Å². The first-order valence-electron chi connectivity index (χ1n) is 7.26. The van der Waals surface area contributed by atoms with Crippen LogP contribution in [0.3, 0.4) is 0 Å². The Morgan fingerprint density at radius 1 is 1.00 bits per heavy atom. The lowest BCUT2D eigenvalue weighted by Gasteiger charge is -2.43. The van der Waals surface area contributed by atoms with Crippen molar-refractivity contribution < 1.29 is 9.47 Å². The molecule has 104 valence electrons. The fourth-order valence-electron chi connectivity index (χ4n) is 3.90. The van der Waals surface area contributed by atoms with Crippen molar-refractivity contribution in [3.63, 3.8) is 0 Å². The smallest absolute Gasteiger partial charge is 0.123 e. The highest BCUT2D eigenvalue weighted by atomic mass is 16.5. The van der Waals surface area contributed by atoms with Crippen molar-refractivity contribution in [3.05, 3.63) is 23.3 Å². The summed E-state index contributed by atoms with van der Waals surface area (Å²) in [5, 5.41) is 3.59. The van der Waals surface area contributed by atoms with E-state index in [2.05, 4.69) is 11.4 Å². The first kappa shape index (κ1) is 12.8. The second-order valence-electron chi connectivity index (χ2n) is 5.77. The second-order valence-corrected chi connectivity index (χ2v) is 5.77. The van der Waals surface area contributed by atoms with E-state index in [1.54, 1.807) is 14.2 Å². The molecule has 0 saturated heterocycles. The fraction of sp³-hybridized carbons (Fsp3) is 0.625. The summed E-state index contributed by atoms with van der Waals surface area (Å²) >= 11 is 0. The summed E-state index contributed by atoms with van der Waals surface area (Å²) in [6.07, 6.45) is 6.53. The van der Waals surface area contributed by atoms with E-state index in [0.717, 1.165) is 24.6 Å². The van der Waals surface area contributed by atoms with Gasteiger partial charge < -0.3 is 14.8 Å². The average Bonchev–Trinajstić information content (AvgIpc) is 2.47. The molecule has 0 radical (unpaired) electrons. The van der Waals surface area contributed by atoms with E-state index < -0.39 is 0 Å².